The number of aryl methyl sites for hydroxylation is 3. The predicted octanol–water partition coefficient (Wildman–Crippen LogP) is 4.74. The number of ketones is 1. The number of benzene rings is 1. The van der Waals surface area contributed by atoms with E-state index in [0.717, 1.165) is 22.6 Å². The second-order valence-electron chi connectivity index (χ2n) is 6.78. The normalized spacial score (nSPS) is 10.8. The van der Waals surface area contributed by atoms with Gasteiger partial charge in [-0.15, -0.1) is 0 Å². The zero-order valence-electron chi connectivity index (χ0n) is 16.0. The molecule has 5 heteroatoms. The minimum atomic E-state index is -0.385. The fraction of sp³-hybridized carbons (Fsp3) is 0.273. The smallest absolute Gasteiger partial charge is 0.310 e. The highest BCUT2D eigenvalue weighted by atomic mass is 32.1. The zero-order chi connectivity index (χ0) is 19.6. The van der Waals surface area contributed by atoms with E-state index in [0.29, 0.717) is 5.56 Å². The summed E-state index contributed by atoms with van der Waals surface area (Å²) in [5.74, 6) is -0.568. The minimum absolute atomic E-state index is 0.183. The van der Waals surface area contributed by atoms with Crippen molar-refractivity contribution in [3.05, 3.63) is 74.7 Å². The Hall–Kier alpha value is -2.66. The first-order valence-electron chi connectivity index (χ1n) is 8.83. The number of rotatable bonds is 6. The van der Waals surface area contributed by atoms with E-state index in [1.807, 2.05) is 36.7 Å². The Morgan fingerprint density at radius 3 is 2.48 bits per heavy atom. The molecule has 2 aromatic heterocycles. The highest BCUT2D eigenvalue weighted by molar-refractivity contribution is 7.08. The molecule has 2 heterocycles. The van der Waals surface area contributed by atoms with Crippen LogP contribution in [0.3, 0.4) is 0 Å². The molecule has 0 N–H and O–H groups in total. The van der Waals surface area contributed by atoms with Gasteiger partial charge < -0.3 is 9.30 Å². The molecule has 3 rings (SSSR count). The Bertz CT molecular complexity index is 983. The molecule has 1 aromatic carbocycles. The van der Waals surface area contributed by atoms with Gasteiger partial charge >= 0.3 is 5.97 Å². The van der Waals surface area contributed by atoms with Crippen molar-refractivity contribution < 1.29 is 14.3 Å². The maximum atomic E-state index is 12.6. The molecule has 0 saturated heterocycles. The van der Waals surface area contributed by atoms with E-state index >= 15 is 0 Å². The van der Waals surface area contributed by atoms with E-state index in [-0.39, 0.29) is 24.8 Å². The molecule has 27 heavy (non-hydrogen) atoms. The Labute approximate surface area is 163 Å². The average molecular weight is 381 g/mol. The van der Waals surface area contributed by atoms with E-state index < -0.39 is 0 Å². The molecule has 0 aliphatic rings. The lowest BCUT2D eigenvalue weighted by Gasteiger charge is -2.12. The van der Waals surface area contributed by atoms with Crippen LogP contribution in [-0.4, -0.2) is 22.9 Å². The van der Waals surface area contributed by atoms with Crippen molar-refractivity contribution >= 4 is 23.1 Å². The van der Waals surface area contributed by atoms with E-state index in [1.54, 1.807) is 0 Å². The summed E-state index contributed by atoms with van der Waals surface area (Å²) in [6, 6.07) is 9.99. The Morgan fingerprint density at radius 2 is 1.81 bits per heavy atom. The quantitative estimate of drug-likeness (QED) is 0.458. The molecule has 0 amide bonds. The first-order valence-corrected chi connectivity index (χ1v) is 9.77. The topological polar surface area (TPSA) is 48.3 Å². The number of hydrogen-bond donors (Lipinski definition) is 0. The molecule has 0 spiro atoms. The minimum Gasteiger partial charge on any atom is -0.457 e. The van der Waals surface area contributed by atoms with E-state index in [4.69, 9.17) is 4.74 Å². The molecule has 0 bridgehead atoms. The zero-order valence-corrected chi connectivity index (χ0v) is 16.9. The lowest BCUT2D eigenvalue weighted by Crippen LogP contribution is -2.16. The monoisotopic (exact) mass is 381 g/mol. The molecule has 0 unspecified atom stereocenters. The first kappa shape index (κ1) is 19.1. The molecule has 0 radical (unpaired) electrons. The van der Waals surface area contributed by atoms with Crippen LogP contribution in [0.2, 0.25) is 0 Å². The lowest BCUT2D eigenvalue weighted by atomic mass is 10.1. The molecule has 4 nitrogen and oxygen atoms in total. The maximum absolute atomic E-state index is 12.6. The third-order valence-corrected chi connectivity index (χ3v) is 5.51. The van der Waals surface area contributed by atoms with Gasteiger partial charge in [0.1, 0.15) is 0 Å². The Balaban J connectivity index is 1.74. The van der Waals surface area contributed by atoms with Crippen molar-refractivity contribution in [3.63, 3.8) is 0 Å². The van der Waals surface area contributed by atoms with Gasteiger partial charge in [0.05, 0.1) is 6.42 Å². The summed E-state index contributed by atoms with van der Waals surface area (Å²) in [7, 11) is 0. The van der Waals surface area contributed by atoms with Crippen LogP contribution in [0.15, 0.2) is 41.1 Å². The Morgan fingerprint density at radius 1 is 1.04 bits per heavy atom. The second kappa shape index (κ2) is 7.92. The van der Waals surface area contributed by atoms with Crippen LogP contribution >= 0.6 is 11.3 Å². The van der Waals surface area contributed by atoms with Gasteiger partial charge in [0.25, 0.3) is 0 Å². The first-order chi connectivity index (χ1) is 12.9. The predicted molar refractivity (Wildman–Crippen MR) is 108 cm³/mol. The molecule has 0 fully saturated rings. The third kappa shape index (κ3) is 4.19. The SMILES string of the molecule is Cc1ccc(-n2c(C)cc(C(=O)COC(=O)Cc3ccsc3)c2C)cc1C. The largest absolute Gasteiger partial charge is 0.457 e. The summed E-state index contributed by atoms with van der Waals surface area (Å²) < 4.78 is 7.25. The summed E-state index contributed by atoms with van der Waals surface area (Å²) in [4.78, 5) is 24.5. The molecule has 0 saturated carbocycles. The van der Waals surface area contributed by atoms with Crippen LogP contribution in [0.5, 0.6) is 0 Å². The fourth-order valence-corrected chi connectivity index (χ4v) is 3.81. The second-order valence-corrected chi connectivity index (χ2v) is 7.56. The van der Waals surface area contributed by atoms with Gasteiger partial charge in [0.15, 0.2) is 6.61 Å². The number of ether oxygens (including phenoxy) is 1. The standard InChI is InChI=1S/C22H23NO3S/c1-14-5-6-19(9-15(14)2)23-16(3)10-20(17(23)4)21(24)12-26-22(25)11-18-7-8-27-13-18/h5-10,13H,11-12H2,1-4H3. The van der Waals surface area contributed by atoms with Crippen molar-refractivity contribution in [2.24, 2.45) is 0 Å². The molecular formula is C22H23NO3S. The van der Waals surface area contributed by atoms with Gasteiger partial charge in [-0.05, 0) is 79.4 Å². The van der Waals surface area contributed by atoms with Gasteiger partial charge in [-0.2, -0.15) is 11.3 Å². The number of aromatic nitrogens is 1. The summed E-state index contributed by atoms with van der Waals surface area (Å²) >= 11 is 1.53. The summed E-state index contributed by atoms with van der Waals surface area (Å²) in [6.07, 6.45) is 0.193. The van der Waals surface area contributed by atoms with Crippen molar-refractivity contribution in [1.82, 2.24) is 4.57 Å². The molecule has 0 aliphatic carbocycles. The average Bonchev–Trinajstić information content (AvgIpc) is 3.23. The van der Waals surface area contributed by atoms with Crippen LogP contribution in [-0.2, 0) is 16.0 Å². The molecule has 0 aliphatic heterocycles. The third-order valence-electron chi connectivity index (χ3n) is 4.77. The van der Waals surface area contributed by atoms with Gasteiger partial charge in [-0.3, -0.25) is 9.59 Å². The van der Waals surface area contributed by atoms with Crippen molar-refractivity contribution in [1.29, 1.82) is 0 Å². The van der Waals surface area contributed by atoms with Gasteiger partial charge in [-0.1, -0.05) is 6.07 Å². The van der Waals surface area contributed by atoms with E-state index in [9.17, 15) is 9.59 Å². The van der Waals surface area contributed by atoms with Crippen LogP contribution < -0.4 is 0 Å². The molecule has 140 valence electrons. The number of nitrogens with zero attached hydrogens (tertiary/aromatic N) is 1. The number of carbonyl (C=O) groups excluding carboxylic acids is 2. The molecular weight excluding hydrogens is 358 g/mol. The summed E-state index contributed by atoms with van der Waals surface area (Å²) in [5.41, 5.74) is 6.80. The lowest BCUT2D eigenvalue weighted by molar-refractivity contribution is -0.141. The van der Waals surface area contributed by atoms with Gasteiger partial charge in [0.2, 0.25) is 5.78 Å². The van der Waals surface area contributed by atoms with Crippen molar-refractivity contribution in [3.8, 4) is 5.69 Å². The summed E-state index contributed by atoms with van der Waals surface area (Å²) in [6.45, 7) is 7.81. The number of hydrogen-bond acceptors (Lipinski definition) is 4. The van der Waals surface area contributed by atoms with Gasteiger partial charge in [0, 0.05) is 22.6 Å². The molecule has 3 aromatic rings. The van der Waals surface area contributed by atoms with E-state index in [2.05, 4.69) is 36.6 Å². The van der Waals surface area contributed by atoms with Crippen molar-refractivity contribution in [2.45, 2.75) is 34.1 Å². The number of carbonyl (C=O) groups is 2. The maximum Gasteiger partial charge on any atom is 0.310 e. The summed E-state index contributed by atoms with van der Waals surface area (Å²) in [5, 5.41) is 3.82. The number of esters is 1. The highest BCUT2D eigenvalue weighted by Gasteiger charge is 2.18. The van der Waals surface area contributed by atoms with Gasteiger partial charge in [-0.25, -0.2) is 0 Å². The highest BCUT2D eigenvalue weighted by Crippen LogP contribution is 2.23. The van der Waals surface area contributed by atoms with Crippen LogP contribution in [0, 0.1) is 27.7 Å². The van der Waals surface area contributed by atoms with E-state index in [1.165, 1.54) is 22.5 Å². The van der Waals surface area contributed by atoms with Crippen LogP contribution in [0.4, 0.5) is 0 Å². The number of Topliss-reactive ketones (excluding diaryl/α,β-unsaturated/α-hetero) is 1. The Kier molecular flexibility index (Phi) is 5.61. The van der Waals surface area contributed by atoms with Crippen LogP contribution in [0.25, 0.3) is 5.69 Å². The van der Waals surface area contributed by atoms with Crippen LogP contribution in [0.1, 0.15) is 38.4 Å². The fourth-order valence-electron chi connectivity index (χ4n) is 3.14. The number of thiophene rings is 1. The molecule has 0 atom stereocenters. The van der Waals surface area contributed by atoms with Crippen molar-refractivity contribution in [2.75, 3.05) is 6.61 Å².